The van der Waals surface area contributed by atoms with E-state index in [0.717, 1.165) is 11.4 Å². The zero-order chi connectivity index (χ0) is 20.6. The number of aromatic nitrogens is 1. The Labute approximate surface area is 177 Å². The maximum absolute atomic E-state index is 11.4. The van der Waals surface area contributed by atoms with E-state index < -0.39 is 5.91 Å². The Morgan fingerprint density at radius 3 is 2.69 bits per heavy atom. The number of hydrogen-bond acceptors (Lipinski definition) is 5. The van der Waals surface area contributed by atoms with Crippen molar-refractivity contribution < 1.29 is 14.7 Å². The van der Waals surface area contributed by atoms with Gasteiger partial charge in [-0.2, -0.15) is 0 Å². The number of hydroxylamine groups is 1. The quantitative estimate of drug-likeness (QED) is 0.269. The summed E-state index contributed by atoms with van der Waals surface area (Å²) in [5.41, 5.74) is 3.87. The SMILES string of the molecule is O=C(C=Cc1cc(NCc2ccccn2)ccc1Oc1ccc(Cl)c(Cl)c1)NO. The first-order valence-corrected chi connectivity index (χ1v) is 9.33. The monoisotopic (exact) mass is 429 g/mol. The highest BCUT2D eigenvalue weighted by atomic mass is 35.5. The van der Waals surface area contributed by atoms with E-state index in [2.05, 4.69) is 10.3 Å². The molecule has 1 heterocycles. The molecule has 0 radical (unpaired) electrons. The van der Waals surface area contributed by atoms with Gasteiger partial charge in [0.05, 0.1) is 22.3 Å². The lowest BCUT2D eigenvalue weighted by Crippen LogP contribution is -2.14. The molecular weight excluding hydrogens is 413 g/mol. The topological polar surface area (TPSA) is 83.5 Å². The molecule has 6 nitrogen and oxygen atoms in total. The van der Waals surface area contributed by atoms with Gasteiger partial charge in [0.25, 0.3) is 5.91 Å². The van der Waals surface area contributed by atoms with Crippen LogP contribution in [0.3, 0.4) is 0 Å². The van der Waals surface area contributed by atoms with Gasteiger partial charge in [0.1, 0.15) is 11.5 Å². The molecule has 3 aromatic rings. The van der Waals surface area contributed by atoms with Crippen LogP contribution in [0.2, 0.25) is 10.0 Å². The lowest BCUT2D eigenvalue weighted by molar-refractivity contribution is -0.124. The molecule has 0 bridgehead atoms. The van der Waals surface area contributed by atoms with E-state index in [1.54, 1.807) is 35.9 Å². The predicted octanol–water partition coefficient (Wildman–Crippen LogP) is 5.31. The number of rotatable bonds is 7. The fourth-order valence-corrected chi connectivity index (χ4v) is 2.74. The first kappa shape index (κ1) is 20.7. The standard InChI is InChI=1S/C21H17Cl2N3O3/c22-18-7-6-17(12-19(18)23)29-20-8-5-15(11-14(20)4-9-21(27)26-28)25-13-16-3-1-2-10-24-16/h1-12,25,28H,13H2,(H,26,27). The number of hydrogen-bond donors (Lipinski definition) is 3. The summed E-state index contributed by atoms with van der Waals surface area (Å²) in [5, 5.41) is 12.8. The first-order valence-electron chi connectivity index (χ1n) is 8.58. The van der Waals surface area contributed by atoms with Gasteiger partial charge in [-0.05, 0) is 48.5 Å². The number of amides is 1. The van der Waals surface area contributed by atoms with Crippen molar-refractivity contribution in [3.8, 4) is 11.5 Å². The normalized spacial score (nSPS) is 10.7. The van der Waals surface area contributed by atoms with E-state index in [1.807, 2.05) is 30.3 Å². The van der Waals surface area contributed by atoms with Crippen LogP contribution in [0.1, 0.15) is 11.3 Å². The van der Waals surface area contributed by atoms with Crippen LogP contribution in [0.4, 0.5) is 5.69 Å². The van der Waals surface area contributed by atoms with E-state index in [9.17, 15) is 4.79 Å². The van der Waals surface area contributed by atoms with Gasteiger partial charge in [0, 0.05) is 29.6 Å². The lowest BCUT2D eigenvalue weighted by atomic mass is 10.1. The molecule has 0 aliphatic rings. The number of benzene rings is 2. The Balaban J connectivity index is 1.84. The molecule has 0 unspecified atom stereocenters. The highest BCUT2D eigenvalue weighted by Gasteiger charge is 2.08. The maximum atomic E-state index is 11.4. The minimum absolute atomic E-state index is 0.370. The van der Waals surface area contributed by atoms with Crippen molar-refractivity contribution in [2.45, 2.75) is 6.54 Å². The van der Waals surface area contributed by atoms with Crippen molar-refractivity contribution in [3.05, 3.63) is 88.2 Å². The Bertz CT molecular complexity index is 1030. The largest absolute Gasteiger partial charge is 0.457 e. The van der Waals surface area contributed by atoms with Gasteiger partial charge in [-0.3, -0.25) is 15.0 Å². The van der Waals surface area contributed by atoms with Crippen LogP contribution >= 0.6 is 23.2 Å². The Kier molecular flexibility index (Phi) is 7.08. The summed E-state index contributed by atoms with van der Waals surface area (Å²) in [4.78, 5) is 15.7. The Morgan fingerprint density at radius 1 is 1.10 bits per heavy atom. The highest BCUT2D eigenvalue weighted by Crippen LogP contribution is 2.32. The van der Waals surface area contributed by atoms with Crippen LogP contribution in [0.15, 0.2) is 66.9 Å². The molecule has 1 aromatic heterocycles. The van der Waals surface area contributed by atoms with Gasteiger partial charge in [-0.25, -0.2) is 5.48 Å². The van der Waals surface area contributed by atoms with Crippen molar-refractivity contribution in [3.63, 3.8) is 0 Å². The molecule has 3 N–H and O–H groups in total. The Hall–Kier alpha value is -3.06. The molecule has 2 aromatic carbocycles. The van der Waals surface area contributed by atoms with Gasteiger partial charge >= 0.3 is 0 Å². The molecule has 0 spiro atoms. The van der Waals surface area contributed by atoms with Crippen molar-refractivity contribution >= 4 is 40.9 Å². The Morgan fingerprint density at radius 2 is 1.97 bits per heavy atom. The van der Waals surface area contributed by atoms with E-state index in [4.69, 9.17) is 33.1 Å². The molecular formula is C21H17Cl2N3O3. The van der Waals surface area contributed by atoms with Gasteiger partial charge in [-0.15, -0.1) is 0 Å². The third-order valence-electron chi connectivity index (χ3n) is 3.85. The zero-order valence-corrected chi connectivity index (χ0v) is 16.6. The third kappa shape index (κ3) is 5.96. The summed E-state index contributed by atoms with van der Waals surface area (Å²) >= 11 is 12.0. The summed E-state index contributed by atoms with van der Waals surface area (Å²) in [5.74, 6) is 0.334. The molecule has 0 saturated carbocycles. The number of anilines is 1. The molecule has 8 heteroatoms. The number of ether oxygens (including phenoxy) is 1. The summed E-state index contributed by atoms with van der Waals surface area (Å²) < 4.78 is 5.90. The number of pyridine rings is 1. The summed E-state index contributed by atoms with van der Waals surface area (Å²) in [6.07, 6.45) is 4.46. The number of carbonyl (C=O) groups excluding carboxylic acids is 1. The van der Waals surface area contributed by atoms with Gasteiger partial charge in [0.15, 0.2) is 0 Å². The molecule has 0 saturated heterocycles. The number of nitrogens with one attached hydrogen (secondary N) is 2. The van der Waals surface area contributed by atoms with Gasteiger partial charge < -0.3 is 10.1 Å². The van der Waals surface area contributed by atoms with E-state index >= 15 is 0 Å². The molecule has 0 fully saturated rings. The lowest BCUT2D eigenvalue weighted by Gasteiger charge is -2.13. The number of carbonyl (C=O) groups is 1. The van der Waals surface area contributed by atoms with E-state index in [0.29, 0.717) is 33.7 Å². The maximum Gasteiger partial charge on any atom is 0.267 e. The van der Waals surface area contributed by atoms with Gasteiger partial charge in [0.2, 0.25) is 0 Å². The van der Waals surface area contributed by atoms with Crippen LogP contribution in [-0.2, 0) is 11.3 Å². The predicted molar refractivity (Wildman–Crippen MR) is 114 cm³/mol. The molecule has 0 aliphatic heterocycles. The van der Waals surface area contributed by atoms with Crippen LogP contribution < -0.4 is 15.5 Å². The van der Waals surface area contributed by atoms with Crippen molar-refractivity contribution in [1.29, 1.82) is 0 Å². The summed E-state index contributed by atoms with van der Waals surface area (Å²) in [6.45, 7) is 0.536. The molecule has 29 heavy (non-hydrogen) atoms. The average Bonchev–Trinajstić information content (AvgIpc) is 2.75. The third-order valence-corrected chi connectivity index (χ3v) is 4.59. The molecule has 0 aliphatic carbocycles. The van der Waals surface area contributed by atoms with Crippen LogP contribution in [0.25, 0.3) is 6.08 Å². The van der Waals surface area contributed by atoms with Crippen molar-refractivity contribution in [2.75, 3.05) is 5.32 Å². The fourth-order valence-electron chi connectivity index (χ4n) is 2.45. The van der Waals surface area contributed by atoms with Crippen molar-refractivity contribution in [1.82, 2.24) is 10.5 Å². The molecule has 3 rings (SSSR count). The molecule has 1 amide bonds. The van der Waals surface area contributed by atoms with Crippen LogP contribution in [0.5, 0.6) is 11.5 Å². The fraction of sp³-hybridized carbons (Fsp3) is 0.0476. The van der Waals surface area contributed by atoms with Crippen molar-refractivity contribution in [2.24, 2.45) is 0 Å². The second-order valence-corrected chi connectivity index (χ2v) is 6.73. The van der Waals surface area contributed by atoms with E-state index in [1.165, 1.54) is 12.2 Å². The summed E-state index contributed by atoms with van der Waals surface area (Å²) in [6, 6.07) is 16.0. The smallest absolute Gasteiger partial charge is 0.267 e. The molecule has 0 atom stereocenters. The number of halogens is 2. The summed E-state index contributed by atoms with van der Waals surface area (Å²) in [7, 11) is 0. The first-order chi connectivity index (χ1) is 14.0. The van der Waals surface area contributed by atoms with Crippen LogP contribution in [-0.4, -0.2) is 16.1 Å². The highest BCUT2D eigenvalue weighted by molar-refractivity contribution is 6.42. The average molecular weight is 430 g/mol. The zero-order valence-electron chi connectivity index (χ0n) is 15.1. The van der Waals surface area contributed by atoms with Crippen LogP contribution in [0, 0.1) is 0 Å². The second kappa shape index (κ2) is 9.93. The van der Waals surface area contributed by atoms with Gasteiger partial charge in [-0.1, -0.05) is 29.3 Å². The molecule has 148 valence electrons. The second-order valence-electron chi connectivity index (χ2n) is 5.91. The number of nitrogens with zero attached hydrogens (tertiary/aromatic N) is 1. The minimum atomic E-state index is -0.655. The minimum Gasteiger partial charge on any atom is -0.457 e. The van der Waals surface area contributed by atoms with E-state index in [-0.39, 0.29) is 0 Å².